The van der Waals surface area contributed by atoms with Crippen molar-refractivity contribution in [2.45, 2.75) is 24.8 Å². The summed E-state index contributed by atoms with van der Waals surface area (Å²) in [4.78, 5) is 10.4. The predicted molar refractivity (Wildman–Crippen MR) is 87.4 cm³/mol. The summed E-state index contributed by atoms with van der Waals surface area (Å²) in [6.45, 7) is 3.75. The van der Waals surface area contributed by atoms with Crippen LogP contribution in [0.15, 0.2) is 36.3 Å². The van der Waals surface area contributed by atoms with Gasteiger partial charge in [0.15, 0.2) is 0 Å². The highest BCUT2D eigenvalue weighted by Gasteiger charge is 2.48. The molecule has 4 aliphatic heterocycles. The van der Waals surface area contributed by atoms with Gasteiger partial charge in [-0.1, -0.05) is 0 Å². The average molecular weight is 295 g/mol. The highest BCUT2D eigenvalue weighted by Crippen LogP contribution is 2.41. The summed E-state index contributed by atoms with van der Waals surface area (Å²) in [7, 11) is 0. The minimum atomic E-state index is 0.267. The zero-order valence-corrected chi connectivity index (χ0v) is 12.6. The summed E-state index contributed by atoms with van der Waals surface area (Å²) in [6, 6.07) is 6.08. The van der Waals surface area contributed by atoms with Crippen molar-refractivity contribution >= 4 is 16.9 Å². The van der Waals surface area contributed by atoms with Gasteiger partial charge in [0.05, 0.1) is 16.6 Å². The molecule has 3 saturated heterocycles. The number of anilines is 1. The van der Waals surface area contributed by atoms with Crippen molar-refractivity contribution in [3.63, 3.8) is 0 Å². The number of aromatic nitrogens is 2. The van der Waals surface area contributed by atoms with E-state index in [2.05, 4.69) is 43.7 Å². The molecule has 1 atom stereocenters. The van der Waals surface area contributed by atoms with E-state index in [1.807, 2.05) is 12.3 Å². The molecule has 1 spiro atoms. The lowest BCUT2D eigenvalue weighted by molar-refractivity contribution is 0.0189. The fourth-order valence-corrected chi connectivity index (χ4v) is 4.45. The standard InChI is InChI=1S/C17H21N5/c1-2-13-14(18-7-1)10-16(19-13)20-15-3-6-17(21-15)11-22-8-4-12(17)5-9-22/h1-3,7,10,12,19-21H,4-6,8-9,11H2/t17-/m0/s1. The Hall–Kier alpha value is -2.01. The summed E-state index contributed by atoms with van der Waals surface area (Å²) < 4.78 is 0. The van der Waals surface area contributed by atoms with E-state index in [-0.39, 0.29) is 5.54 Å². The van der Waals surface area contributed by atoms with Crippen molar-refractivity contribution in [3.8, 4) is 0 Å². The maximum atomic E-state index is 4.37. The lowest BCUT2D eigenvalue weighted by Crippen LogP contribution is -2.64. The molecule has 3 fully saturated rings. The molecule has 22 heavy (non-hydrogen) atoms. The SMILES string of the molecule is C1=C(Nc2cc3ncccc3[nH]2)N[C@@]2(C1)CN1CCC2CC1. The van der Waals surface area contributed by atoms with E-state index in [0.29, 0.717) is 0 Å². The Morgan fingerprint density at radius 1 is 1.32 bits per heavy atom. The van der Waals surface area contributed by atoms with Crippen LogP contribution in [0.1, 0.15) is 19.3 Å². The zero-order valence-electron chi connectivity index (χ0n) is 12.6. The molecule has 6 rings (SSSR count). The van der Waals surface area contributed by atoms with Crippen molar-refractivity contribution in [3.05, 3.63) is 36.3 Å². The lowest BCUT2D eigenvalue weighted by Gasteiger charge is -2.52. The molecule has 5 heteroatoms. The van der Waals surface area contributed by atoms with Crippen molar-refractivity contribution in [1.82, 2.24) is 20.2 Å². The van der Waals surface area contributed by atoms with Gasteiger partial charge in [-0.05, 0) is 56.5 Å². The third-order valence-corrected chi connectivity index (χ3v) is 5.59. The number of nitrogens with one attached hydrogen (secondary N) is 3. The molecule has 0 saturated carbocycles. The maximum Gasteiger partial charge on any atom is 0.111 e. The van der Waals surface area contributed by atoms with Crippen LogP contribution in [0, 0.1) is 5.92 Å². The molecule has 0 aliphatic carbocycles. The molecule has 2 aromatic heterocycles. The second kappa shape index (κ2) is 4.49. The van der Waals surface area contributed by atoms with Crippen molar-refractivity contribution in [2.24, 2.45) is 5.92 Å². The Morgan fingerprint density at radius 3 is 3.00 bits per heavy atom. The first-order chi connectivity index (χ1) is 10.8. The van der Waals surface area contributed by atoms with Gasteiger partial charge in [-0.3, -0.25) is 4.98 Å². The van der Waals surface area contributed by atoms with E-state index in [0.717, 1.165) is 35.0 Å². The number of H-pyrrole nitrogens is 1. The van der Waals surface area contributed by atoms with Crippen molar-refractivity contribution < 1.29 is 0 Å². The van der Waals surface area contributed by atoms with Crippen LogP contribution in [-0.2, 0) is 0 Å². The second-order valence-electron chi connectivity index (χ2n) is 6.90. The first-order valence-corrected chi connectivity index (χ1v) is 8.22. The molecule has 2 bridgehead atoms. The van der Waals surface area contributed by atoms with Crippen molar-refractivity contribution in [1.29, 1.82) is 0 Å². The summed E-state index contributed by atoms with van der Waals surface area (Å²) >= 11 is 0. The molecule has 114 valence electrons. The van der Waals surface area contributed by atoms with Crippen LogP contribution < -0.4 is 10.6 Å². The van der Waals surface area contributed by atoms with Crippen LogP contribution >= 0.6 is 0 Å². The number of aromatic amines is 1. The van der Waals surface area contributed by atoms with Crippen LogP contribution in [0.3, 0.4) is 0 Å². The summed E-state index contributed by atoms with van der Waals surface area (Å²) in [6.07, 6.45) is 7.96. The molecule has 0 aromatic carbocycles. The van der Waals surface area contributed by atoms with E-state index in [4.69, 9.17) is 0 Å². The molecule has 6 heterocycles. The normalized spacial score (nSPS) is 33.2. The second-order valence-corrected chi connectivity index (χ2v) is 6.90. The van der Waals surface area contributed by atoms with Gasteiger partial charge in [-0.2, -0.15) is 0 Å². The molecule has 4 aliphatic rings. The topological polar surface area (TPSA) is 56.0 Å². The van der Waals surface area contributed by atoms with Gasteiger partial charge in [0.1, 0.15) is 11.6 Å². The van der Waals surface area contributed by atoms with E-state index >= 15 is 0 Å². The number of pyridine rings is 1. The molecular weight excluding hydrogens is 274 g/mol. The molecular formula is C17H21N5. The summed E-state index contributed by atoms with van der Waals surface area (Å²) in [5, 5.41) is 7.30. The number of fused-ring (bicyclic) bond motifs is 3. The Balaban J connectivity index is 1.35. The number of piperidine rings is 3. The first-order valence-electron chi connectivity index (χ1n) is 8.22. The van der Waals surface area contributed by atoms with E-state index in [9.17, 15) is 0 Å². The largest absolute Gasteiger partial charge is 0.365 e. The highest BCUT2D eigenvalue weighted by atomic mass is 15.3. The molecule has 0 unspecified atom stereocenters. The third-order valence-electron chi connectivity index (χ3n) is 5.59. The van der Waals surface area contributed by atoms with E-state index < -0.39 is 0 Å². The Bertz CT molecular complexity index is 707. The van der Waals surface area contributed by atoms with Gasteiger partial charge in [-0.25, -0.2) is 0 Å². The van der Waals surface area contributed by atoms with E-state index in [1.54, 1.807) is 0 Å². The van der Waals surface area contributed by atoms with Crippen LogP contribution in [0.5, 0.6) is 0 Å². The van der Waals surface area contributed by atoms with Gasteiger partial charge in [-0.15, -0.1) is 0 Å². The van der Waals surface area contributed by atoms with Crippen LogP contribution in [0.25, 0.3) is 11.0 Å². The van der Waals surface area contributed by atoms with Crippen LogP contribution in [0.2, 0.25) is 0 Å². The summed E-state index contributed by atoms with van der Waals surface area (Å²) in [5.74, 6) is 2.96. The van der Waals surface area contributed by atoms with Crippen molar-refractivity contribution in [2.75, 3.05) is 25.0 Å². The first kappa shape index (κ1) is 12.5. The number of nitrogens with zero attached hydrogens (tertiary/aromatic N) is 2. The van der Waals surface area contributed by atoms with Crippen LogP contribution in [-0.4, -0.2) is 40.0 Å². The number of hydrogen-bond donors (Lipinski definition) is 3. The maximum absolute atomic E-state index is 4.37. The minimum Gasteiger partial charge on any atom is -0.365 e. The Morgan fingerprint density at radius 2 is 2.23 bits per heavy atom. The molecule has 0 amide bonds. The predicted octanol–water partition coefficient (Wildman–Crippen LogP) is 2.27. The van der Waals surface area contributed by atoms with Gasteiger partial charge >= 0.3 is 0 Å². The molecule has 0 radical (unpaired) electrons. The van der Waals surface area contributed by atoms with E-state index in [1.165, 1.54) is 32.5 Å². The Kier molecular flexibility index (Phi) is 2.56. The minimum absolute atomic E-state index is 0.267. The quantitative estimate of drug-likeness (QED) is 0.795. The van der Waals surface area contributed by atoms with Gasteiger partial charge < -0.3 is 20.5 Å². The Labute approximate surface area is 129 Å². The molecule has 2 aromatic rings. The highest BCUT2D eigenvalue weighted by molar-refractivity contribution is 5.80. The van der Waals surface area contributed by atoms with Gasteiger partial charge in [0.2, 0.25) is 0 Å². The number of hydrogen-bond acceptors (Lipinski definition) is 4. The van der Waals surface area contributed by atoms with Crippen LogP contribution in [0.4, 0.5) is 5.82 Å². The zero-order chi connectivity index (χ0) is 14.6. The third kappa shape index (κ3) is 1.85. The van der Waals surface area contributed by atoms with Gasteiger partial charge in [0, 0.05) is 18.8 Å². The summed E-state index contributed by atoms with van der Waals surface area (Å²) in [5.41, 5.74) is 2.34. The fraction of sp³-hybridized carbons (Fsp3) is 0.471. The average Bonchev–Trinajstić information content (AvgIpc) is 3.12. The lowest BCUT2D eigenvalue weighted by atomic mass is 9.72. The smallest absolute Gasteiger partial charge is 0.111 e. The fourth-order valence-electron chi connectivity index (χ4n) is 4.45. The molecule has 5 nitrogen and oxygen atoms in total. The number of rotatable bonds is 2. The monoisotopic (exact) mass is 295 g/mol. The van der Waals surface area contributed by atoms with Gasteiger partial charge in [0.25, 0.3) is 0 Å². The molecule has 3 N–H and O–H groups in total.